The zero-order valence-electron chi connectivity index (χ0n) is 20.1. The molecule has 2 aromatic heterocycles. The molecule has 0 spiro atoms. The van der Waals surface area contributed by atoms with Crippen LogP contribution in [0.25, 0.3) is 0 Å². The van der Waals surface area contributed by atoms with Gasteiger partial charge < -0.3 is 21.1 Å². The van der Waals surface area contributed by atoms with Gasteiger partial charge in [0.05, 0.1) is 47.4 Å². The van der Waals surface area contributed by atoms with Crippen LogP contribution in [0.15, 0.2) is 54.9 Å². The van der Waals surface area contributed by atoms with E-state index in [1.165, 1.54) is 24.5 Å². The number of anilines is 3. The molecule has 1 saturated heterocycles. The van der Waals surface area contributed by atoms with Crippen molar-refractivity contribution >= 4 is 28.9 Å². The molecule has 3 heterocycles. The van der Waals surface area contributed by atoms with Gasteiger partial charge in [0, 0.05) is 24.8 Å². The number of nitrogens with zero attached hydrogens (tertiary/aromatic N) is 2. The molecule has 37 heavy (non-hydrogen) atoms. The minimum Gasteiger partial charge on any atom is -0.384 e. The van der Waals surface area contributed by atoms with E-state index >= 15 is 0 Å². The number of Topliss-reactive ketones (excluding diaryl/α,β-unsaturated/α-hetero) is 1. The number of nitrogen functional groups attached to an aromatic ring is 1. The molecule has 4 N–H and O–H groups in total. The maximum atomic E-state index is 13.4. The van der Waals surface area contributed by atoms with Crippen LogP contribution in [0, 0.1) is 12.3 Å². The number of hydrogen-bond acceptors (Lipinski definition) is 7. The molecule has 3 aromatic rings. The van der Waals surface area contributed by atoms with Crippen molar-refractivity contribution in [3.8, 4) is 0 Å². The SMILES string of the molecule is Cc1ccc(Nc2ccc(CNC(=O)[C@]3(CC(=O)c4ccc(N)nc4)CCOC3)nc2)c(C(F)(F)F)c1. The number of ketones is 1. The van der Waals surface area contributed by atoms with E-state index in [0.717, 1.165) is 6.07 Å². The maximum Gasteiger partial charge on any atom is 0.418 e. The fourth-order valence-electron chi connectivity index (χ4n) is 4.10. The molecule has 0 saturated carbocycles. The number of carbonyl (C=O) groups is 2. The summed E-state index contributed by atoms with van der Waals surface area (Å²) >= 11 is 0. The number of nitrogens with one attached hydrogen (secondary N) is 2. The second-order valence-electron chi connectivity index (χ2n) is 9.05. The van der Waals surface area contributed by atoms with Gasteiger partial charge >= 0.3 is 6.18 Å². The Morgan fingerprint density at radius 1 is 1.11 bits per heavy atom. The lowest BCUT2D eigenvalue weighted by Gasteiger charge is -2.25. The number of aromatic nitrogens is 2. The number of rotatable bonds is 8. The van der Waals surface area contributed by atoms with Crippen molar-refractivity contribution in [1.82, 2.24) is 15.3 Å². The van der Waals surface area contributed by atoms with E-state index in [-0.39, 0.29) is 37.0 Å². The Balaban J connectivity index is 1.39. The van der Waals surface area contributed by atoms with Crippen LogP contribution in [0.1, 0.15) is 40.0 Å². The highest BCUT2D eigenvalue weighted by molar-refractivity contribution is 5.99. The van der Waals surface area contributed by atoms with Gasteiger partial charge in [0.15, 0.2) is 5.78 Å². The van der Waals surface area contributed by atoms with Crippen molar-refractivity contribution in [1.29, 1.82) is 0 Å². The average molecular weight is 514 g/mol. The van der Waals surface area contributed by atoms with Crippen LogP contribution in [0.2, 0.25) is 0 Å². The first-order valence-electron chi connectivity index (χ1n) is 11.6. The summed E-state index contributed by atoms with van der Waals surface area (Å²) in [5, 5.41) is 5.57. The summed E-state index contributed by atoms with van der Waals surface area (Å²) in [7, 11) is 0. The number of amides is 1. The van der Waals surface area contributed by atoms with Gasteiger partial charge in [-0.3, -0.25) is 14.6 Å². The van der Waals surface area contributed by atoms with Crippen molar-refractivity contribution in [2.75, 3.05) is 24.3 Å². The Hall–Kier alpha value is -3.99. The first kappa shape index (κ1) is 26.1. The van der Waals surface area contributed by atoms with Crippen LogP contribution in [0.3, 0.4) is 0 Å². The minimum atomic E-state index is -4.50. The van der Waals surface area contributed by atoms with E-state index in [4.69, 9.17) is 10.5 Å². The third-order valence-electron chi connectivity index (χ3n) is 6.21. The van der Waals surface area contributed by atoms with Crippen LogP contribution in [-0.4, -0.2) is 34.9 Å². The summed E-state index contributed by atoms with van der Waals surface area (Å²) in [6, 6.07) is 10.3. The predicted octanol–water partition coefficient (Wildman–Crippen LogP) is 4.43. The third-order valence-corrected chi connectivity index (χ3v) is 6.21. The maximum absolute atomic E-state index is 13.4. The lowest BCUT2D eigenvalue weighted by molar-refractivity contribution is -0.137. The average Bonchev–Trinajstić information content (AvgIpc) is 3.34. The monoisotopic (exact) mass is 513 g/mol. The molecule has 4 rings (SSSR count). The number of carbonyl (C=O) groups excluding carboxylic acids is 2. The van der Waals surface area contributed by atoms with Crippen LogP contribution < -0.4 is 16.4 Å². The van der Waals surface area contributed by atoms with Crippen molar-refractivity contribution in [3.63, 3.8) is 0 Å². The summed E-state index contributed by atoms with van der Waals surface area (Å²) in [4.78, 5) is 34.1. The molecular weight excluding hydrogens is 487 g/mol. The molecule has 11 heteroatoms. The number of halogens is 3. The zero-order chi connectivity index (χ0) is 26.6. The number of hydrogen-bond donors (Lipinski definition) is 3. The van der Waals surface area contributed by atoms with Gasteiger partial charge in [-0.25, -0.2) is 4.98 Å². The van der Waals surface area contributed by atoms with Gasteiger partial charge in [0.25, 0.3) is 0 Å². The summed E-state index contributed by atoms with van der Waals surface area (Å²) in [5.74, 6) is -0.280. The highest BCUT2D eigenvalue weighted by Gasteiger charge is 2.44. The number of benzene rings is 1. The standard InChI is InChI=1S/C26H26F3N5O3/c1-16-2-6-21(20(10-16)26(27,28)29)34-19-5-4-18(31-14-19)13-33-24(36)25(8-9-37-15-25)11-22(35)17-3-7-23(30)32-12-17/h2-7,10,12,14,34H,8-9,11,13,15H2,1H3,(H2,30,32)(H,33,36)/t25-/m0/s1. The highest BCUT2D eigenvalue weighted by atomic mass is 19.4. The van der Waals surface area contributed by atoms with E-state index in [1.807, 2.05) is 0 Å². The molecule has 1 aliphatic rings. The second-order valence-corrected chi connectivity index (χ2v) is 9.05. The van der Waals surface area contributed by atoms with Gasteiger partial charge in [-0.05, 0) is 49.7 Å². The molecule has 1 atom stereocenters. The first-order valence-corrected chi connectivity index (χ1v) is 11.6. The summed E-state index contributed by atoms with van der Waals surface area (Å²) in [6.07, 6.45) is -1.38. The van der Waals surface area contributed by atoms with E-state index in [9.17, 15) is 22.8 Å². The molecule has 1 fully saturated rings. The predicted molar refractivity (Wildman–Crippen MR) is 131 cm³/mol. The fraction of sp³-hybridized carbons (Fsp3) is 0.308. The molecule has 0 aliphatic carbocycles. The van der Waals surface area contributed by atoms with Crippen molar-refractivity contribution in [3.05, 3.63) is 77.2 Å². The number of nitrogens with two attached hydrogens (primary N) is 1. The highest BCUT2D eigenvalue weighted by Crippen LogP contribution is 2.37. The fourth-order valence-corrected chi connectivity index (χ4v) is 4.10. The Kier molecular flexibility index (Phi) is 7.44. The van der Waals surface area contributed by atoms with Crippen LogP contribution >= 0.6 is 0 Å². The molecule has 1 aromatic carbocycles. The largest absolute Gasteiger partial charge is 0.418 e. The molecule has 1 aliphatic heterocycles. The van der Waals surface area contributed by atoms with Crippen LogP contribution in [0.4, 0.5) is 30.4 Å². The quantitative estimate of drug-likeness (QED) is 0.382. The van der Waals surface area contributed by atoms with Gasteiger partial charge in [0.2, 0.25) is 5.91 Å². The number of ether oxygens (including phenoxy) is 1. The van der Waals surface area contributed by atoms with Crippen molar-refractivity contribution in [2.24, 2.45) is 5.41 Å². The molecule has 0 unspecified atom stereocenters. The number of pyridine rings is 2. The van der Waals surface area contributed by atoms with Gasteiger partial charge in [0.1, 0.15) is 5.82 Å². The number of alkyl halides is 3. The molecular formula is C26H26F3N5O3. The summed E-state index contributed by atoms with van der Waals surface area (Å²) in [5.41, 5.74) is 5.45. The zero-order valence-corrected chi connectivity index (χ0v) is 20.1. The van der Waals surface area contributed by atoms with Crippen LogP contribution in [0.5, 0.6) is 0 Å². The van der Waals surface area contributed by atoms with Crippen molar-refractivity contribution < 1.29 is 27.5 Å². The van der Waals surface area contributed by atoms with E-state index < -0.39 is 17.2 Å². The lowest BCUT2D eigenvalue weighted by atomic mass is 9.80. The first-order chi connectivity index (χ1) is 17.6. The normalized spacial score (nSPS) is 17.4. The summed E-state index contributed by atoms with van der Waals surface area (Å²) < 4.78 is 45.6. The van der Waals surface area contributed by atoms with E-state index in [1.54, 1.807) is 31.2 Å². The minimum absolute atomic E-state index is 0.0429. The second kappa shape index (κ2) is 10.6. The molecule has 8 nitrogen and oxygen atoms in total. The topological polar surface area (TPSA) is 119 Å². The van der Waals surface area contributed by atoms with Crippen LogP contribution in [-0.2, 0) is 22.3 Å². The van der Waals surface area contributed by atoms with Gasteiger partial charge in [-0.1, -0.05) is 11.6 Å². The Bertz CT molecular complexity index is 1270. The van der Waals surface area contributed by atoms with Gasteiger partial charge in [-0.15, -0.1) is 0 Å². The van der Waals surface area contributed by atoms with E-state index in [0.29, 0.717) is 41.4 Å². The van der Waals surface area contributed by atoms with Gasteiger partial charge in [-0.2, -0.15) is 13.2 Å². The number of aryl methyl sites for hydroxylation is 1. The third kappa shape index (κ3) is 6.23. The van der Waals surface area contributed by atoms with E-state index in [2.05, 4.69) is 20.6 Å². The molecule has 1 amide bonds. The molecule has 0 bridgehead atoms. The Labute approximate surface area is 211 Å². The Morgan fingerprint density at radius 2 is 1.92 bits per heavy atom. The summed E-state index contributed by atoms with van der Waals surface area (Å²) in [6.45, 7) is 2.15. The smallest absolute Gasteiger partial charge is 0.384 e. The Morgan fingerprint density at radius 3 is 2.54 bits per heavy atom. The molecule has 0 radical (unpaired) electrons. The molecule has 194 valence electrons. The van der Waals surface area contributed by atoms with Crippen molar-refractivity contribution in [2.45, 2.75) is 32.5 Å². The lowest BCUT2D eigenvalue weighted by Crippen LogP contribution is -2.42.